The van der Waals surface area contributed by atoms with Crippen LogP contribution < -0.4 is 0 Å². The maximum atomic E-state index is 11.2. The standard InChI is InChI=1S/C13H20N4O2/c18-13(19)10-4-3-8-17-12(10)14-11(15-17)5-9-16-6-1-2-7-16/h10H,1-9H2,(H,18,19). The molecule has 2 aliphatic rings. The van der Waals surface area contributed by atoms with Gasteiger partial charge in [-0.05, 0) is 38.8 Å². The molecule has 0 aliphatic carbocycles. The van der Waals surface area contributed by atoms with Gasteiger partial charge in [-0.2, -0.15) is 5.10 Å². The molecule has 0 aromatic carbocycles. The van der Waals surface area contributed by atoms with Crippen molar-refractivity contribution >= 4 is 5.97 Å². The second-order valence-corrected chi connectivity index (χ2v) is 5.44. The molecular formula is C13H20N4O2. The lowest BCUT2D eigenvalue weighted by atomic mass is 10.00. The summed E-state index contributed by atoms with van der Waals surface area (Å²) in [4.78, 5) is 18.1. The summed E-state index contributed by atoms with van der Waals surface area (Å²) in [5.41, 5.74) is 0. The molecule has 3 rings (SSSR count). The number of aromatic nitrogens is 3. The van der Waals surface area contributed by atoms with Gasteiger partial charge in [0.15, 0.2) is 5.82 Å². The van der Waals surface area contributed by atoms with Gasteiger partial charge in [-0.15, -0.1) is 0 Å². The Morgan fingerprint density at radius 2 is 2.05 bits per heavy atom. The summed E-state index contributed by atoms with van der Waals surface area (Å²) in [5.74, 6) is 0.200. The summed E-state index contributed by atoms with van der Waals surface area (Å²) in [7, 11) is 0. The molecule has 19 heavy (non-hydrogen) atoms. The van der Waals surface area contributed by atoms with E-state index >= 15 is 0 Å². The van der Waals surface area contributed by atoms with Crippen molar-refractivity contribution in [2.75, 3.05) is 19.6 Å². The van der Waals surface area contributed by atoms with E-state index in [1.165, 1.54) is 25.9 Å². The highest BCUT2D eigenvalue weighted by atomic mass is 16.4. The highest BCUT2D eigenvalue weighted by Crippen LogP contribution is 2.25. The van der Waals surface area contributed by atoms with Crippen LogP contribution in [0.1, 0.15) is 43.3 Å². The Balaban J connectivity index is 1.68. The molecule has 3 heterocycles. The van der Waals surface area contributed by atoms with Crippen molar-refractivity contribution in [3.8, 4) is 0 Å². The summed E-state index contributed by atoms with van der Waals surface area (Å²) in [6, 6.07) is 0. The first kappa shape index (κ1) is 12.6. The number of likely N-dealkylation sites (tertiary alicyclic amines) is 1. The second-order valence-electron chi connectivity index (χ2n) is 5.44. The van der Waals surface area contributed by atoms with E-state index in [1.54, 1.807) is 4.68 Å². The van der Waals surface area contributed by atoms with E-state index in [1.807, 2.05) is 0 Å². The normalized spacial score (nSPS) is 23.5. The molecule has 6 heteroatoms. The number of carboxylic acids is 1. The van der Waals surface area contributed by atoms with Gasteiger partial charge >= 0.3 is 5.97 Å². The van der Waals surface area contributed by atoms with Gasteiger partial charge in [0.05, 0.1) is 0 Å². The highest BCUT2D eigenvalue weighted by Gasteiger charge is 2.29. The van der Waals surface area contributed by atoms with E-state index in [-0.39, 0.29) is 0 Å². The molecule has 0 spiro atoms. The smallest absolute Gasteiger partial charge is 0.314 e. The van der Waals surface area contributed by atoms with Crippen molar-refractivity contribution in [1.29, 1.82) is 0 Å². The quantitative estimate of drug-likeness (QED) is 0.874. The van der Waals surface area contributed by atoms with Crippen LogP contribution in [-0.4, -0.2) is 50.4 Å². The van der Waals surface area contributed by atoms with Crippen LogP contribution in [-0.2, 0) is 17.8 Å². The number of fused-ring (bicyclic) bond motifs is 1. The largest absolute Gasteiger partial charge is 0.481 e. The average molecular weight is 264 g/mol. The van der Waals surface area contributed by atoms with Gasteiger partial charge in [-0.1, -0.05) is 0 Å². The van der Waals surface area contributed by atoms with Crippen LogP contribution in [0.4, 0.5) is 0 Å². The van der Waals surface area contributed by atoms with Crippen LogP contribution in [0.3, 0.4) is 0 Å². The molecule has 6 nitrogen and oxygen atoms in total. The second kappa shape index (κ2) is 5.28. The number of rotatable bonds is 4. The van der Waals surface area contributed by atoms with Gasteiger partial charge in [0.25, 0.3) is 0 Å². The lowest BCUT2D eigenvalue weighted by molar-refractivity contribution is -0.139. The number of carboxylic acid groups (broad SMARTS) is 1. The molecule has 0 radical (unpaired) electrons. The number of nitrogens with zero attached hydrogens (tertiary/aromatic N) is 4. The number of aliphatic carboxylic acids is 1. The topological polar surface area (TPSA) is 71.2 Å². The molecule has 0 bridgehead atoms. The van der Waals surface area contributed by atoms with Crippen LogP contribution in [0.5, 0.6) is 0 Å². The minimum absolute atomic E-state index is 0.471. The zero-order valence-corrected chi connectivity index (χ0v) is 11.1. The van der Waals surface area contributed by atoms with E-state index in [0.717, 1.165) is 31.8 Å². The third-order valence-corrected chi connectivity index (χ3v) is 4.07. The van der Waals surface area contributed by atoms with Crippen LogP contribution in [0.15, 0.2) is 0 Å². The zero-order valence-electron chi connectivity index (χ0n) is 11.1. The molecular weight excluding hydrogens is 244 g/mol. The van der Waals surface area contributed by atoms with Crippen LogP contribution >= 0.6 is 0 Å². The maximum absolute atomic E-state index is 11.2. The Morgan fingerprint density at radius 3 is 2.79 bits per heavy atom. The fourth-order valence-electron chi connectivity index (χ4n) is 3.00. The van der Waals surface area contributed by atoms with Gasteiger partial charge in [-0.25, -0.2) is 9.67 Å². The van der Waals surface area contributed by atoms with Crippen LogP contribution in [0.25, 0.3) is 0 Å². The molecule has 1 N–H and O–H groups in total. The monoisotopic (exact) mass is 264 g/mol. The van der Waals surface area contributed by atoms with Crippen LogP contribution in [0, 0.1) is 0 Å². The minimum Gasteiger partial charge on any atom is -0.481 e. The Morgan fingerprint density at radius 1 is 1.26 bits per heavy atom. The van der Waals surface area contributed by atoms with Crippen molar-refractivity contribution in [2.24, 2.45) is 0 Å². The third kappa shape index (κ3) is 2.63. The summed E-state index contributed by atoms with van der Waals surface area (Å²) in [5, 5.41) is 13.7. The molecule has 1 saturated heterocycles. The molecule has 1 atom stereocenters. The van der Waals surface area contributed by atoms with Gasteiger partial charge in [0.1, 0.15) is 11.7 Å². The molecule has 1 aromatic rings. The molecule has 0 saturated carbocycles. The first-order chi connectivity index (χ1) is 9.24. The number of aryl methyl sites for hydroxylation is 1. The Bertz CT molecular complexity index is 465. The SMILES string of the molecule is O=C(O)C1CCCn2nc(CCN3CCCC3)nc21. The summed E-state index contributed by atoms with van der Waals surface area (Å²) < 4.78 is 1.79. The minimum atomic E-state index is -0.778. The van der Waals surface area contributed by atoms with Crippen molar-refractivity contribution in [3.63, 3.8) is 0 Å². The van der Waals surface area contributed by atoms with Crippen molar-refractivity contribution in [2.45, 2.75) is 44.6 Å². The van der Waals surface area contributed by atoms with Crippen LogP contribution in [0.2, 0.25) is 0 Å². The summed E-state index contributed by atoms with van der Waals surface area (Å²) >= 11 is 0. The Labute approximate surface area is 112 Å². The van der Waals surface area contributed by atoms with Gasteiger partial charge in [0.2, 0.25) is 0 Å². The number of carbonyl (C=O) groups is 1. The van der Waals surface area contributed by atoms with E-state index in [2.05, 4.69) is 15.0 Å². The molecule has 1 aromatic heterocycles. The highest BCUT2D eigenvalue weighted by molar-refractivity contribution is 5.75. The predicted molar refractivity (Wildman–Crippen MR) is 69.0 cm³/mol. The Kier molecular flexibility index (Phi) is 3.50. The average Bonchev–Trinajstić information content (AvgIpc) is 3.04. The molecule has 104 valence electrons. The molecule has 2 aliphatic heterocycles. The van der Waals surface area contributed by atoms with Crippen molar-refractivity contribution in [3.05, 3.63) is 11.6 Å². The maximum Gasteiger partial charge on any atom is 0.314 e. The fraction of sp³-hybridized carbons (Fsp3) is 0.769. The van der Waals surface area contributed by atoms with Gasteiger partial charge in [0, 0.05) is 19.5 Å². The first-order valence-corrected chi connectivity index (χ1v) is 7.13. The molecule has 1 unspecified atom stereocenters. The number of hydrogen-bond acceptors (Lipinski definition) is 4. The lowest BCUT2D eigenvalue weighted by Gasteiger charge is -2.17. The van der Waals surface area contributed by atoms with E-state index in [0.29, 0.717) is 12.2 Å². The summed E-state index contributed by atoms with van der Waals surface area (Å²) in [6.07, 6.45) is 4.95. The Hall–Kier alpha value is -1.43. The first-order valence-electron chi connectivity index (χ1n) is 7.13. The zero-order chi connectivity index (χ0) is 13.2. The van der Waals surface area contributed by atoms with E-state index in [4.69, 9.17) is 0 Å². The van der Waals surface area contributed by atoms with Gasteiger partial charge < -0.3 is 10.0 Å². The van der Waals surface area contributed by atoms with E-state index < -0.39 is 11.9 Å². The molecule has 1 fully saturated rings. The molecule has 0 amide bonds. The van der Waals surface area contributed by atoms with Crippen molar-refractivity contribution < 1.29 is 9.90 Å². The fourth-order valence-corrected chi connectivity index (χ4v) is 3.00. The van der Waals surface area contributed by atoms with Gasteiger partial charge in [-0.3, -0.25) is 4.79 Å². The third-order valence-electron chi connectivity index (χ3n) is 4.07. The van der Waals surface area contributed by atoms with Crippen molar-refractivity contribution in [1.82, 2.24) is 19.7 Å². The summed E-state index contributed by atoms with van der Waals surface area (Å²) in [6.45, 7) is 4.13. The predicted octanol–water partition coefficient (Wildman–Crippen LogP) is 0.878. The number of hydrogen-bond donors (Lipinski definition) is 1. The van der Waals surface area contributed by atoms with E-state index in [9.17, 15) is 9.90 Å². The lowest BCUT2D eigenvalue weighted by Crippen LogP contribution is -2.22.